The van der Waals surface area contributed by atoms with Gasteiger partial charge in [-0.05, 0) is 18.6 Å². The van der Waals surface area contributed by atoms with E-state index in [0.717, 1.165) is 11.8 Å². The van der Waals surface area contributed by atoms with Crippen LogP contribution in [0.25, 0.3) is 11.1 Å². The molecule has 22 heavy (non-hydrogen) atoms. The van der Waals surface area contributed by atoms with Crippen molar-refractivity contribution >= 4 is 34.7 Å². The minimum atomic E-state index is -0.994. The standard InChI is InChI=1S/C15H18N2O4S/c1-4-9(14(19)20)12(13(18)17(2)3)22-15-16-10-7-5-6-8-11(10)21-15/h5-9,12H,4H2,1-3H3,(H,19,20). The highest BCUT2D eigenvalue weighted by Gasteiger charge is 2.35. The Morgan fingerprint density at radius 1 is 1.36 bits per heavy atom. The molecule has 1 aromatic heterocycles. The summed E-state index contributed by atoms with van der Waals surface area (Å²) in [7, 11) is 3.22. The number of amides is 1. The van der Waals surface area contributed by atoms with Crippen LogP contribution in [0, 0.1) is 5.92 Å². The maximum absolute atomic E-state index is 12.3. The van der Waals surface area contributed by atoms with Crippen LogP contribution in [0.2, 0.25) is 0 Å². The van der Waals surface area contributed by atoms with Gasteiger partial charge in [0.2, 0.25) is 5.91 Å². The first kappa shape index (κ1) is 16.4. The average Bonchev–Trinajstić information content (AvgIpc) is 2.88. The number of fused-ring (bicyclic) bond motifs is 1. The molecule has 2 aromatic rings. The van der Waals surface area contributed by atoms with Crippen molar-refractivity contribution in [2.45, 2.75) is 23.8 Å². The molecule has 0 spiro atoms. The van der Waals surface area contributed by atoms with Gasteiger partial charge in [-0.1, -0.05) is 30.8 Å². The van der Waals surface area contributed by atoms with Gasteiger partial charge in [-0.25, -0.2) is 4.98 Å². The van der Waals surface area contributed by atoms with Gasteiger partial charge in [-0.15, -0.1) is 0 Å². The van der Waals surface area contributed by atoms with Crippen LogP contribution < -0.4 is 0 Å². The second kappa shape index (κ2) is 6.83. The molecule has 1 heterocycles. The summed E-state index contributed by atoms with van der Waals surface area (Å²) in [6, 6.07) is 7.26. The van der Waals surface area contributed by atoms with Gasteiger partial charge >= 0.3 is 5.97 Å². The monoisotopic (exact) mass is 322 g/mol. The number of rotatable bonds is 6. The topological polar surface area (TPSA) is 83.6 Å². The van der Waals surface area contributed by atoms with Gasteiger partial charge in [0.1, 0.15) is 10.8 Å². The fourth-order valence-corrected chi connectivity index (χ4v) is 3.38. The third-order valence-corrected chi connectivity index (χ3v) is 4.47. The predicted molar refractivity (Wildman–Crippen MR) is 83.8 cm³/mol. The first-order chi connectivity index (χ1) is 10.4. The molecule has 0 saturated heterocycles. The lowest BCUT2D eigenvalue weighted by Crippen LogP contribution is -2.39. The van der Waals surface area contributed by atoms with Gasteiger partial charge in [0.15, 0.2) is 5.58 Å². The molecule has 2 atom stereocenters. The first-order valence-electron chi connectivity index (χ1n) is 6.90. The van der Waals surface area contributed by atoms with Gasteiger partial charge in [0, 0.05) is 14.1 Å². The molecule has 2 unspecified atom stereocenters. The van der Waals surface area contributed by atoms with E-state index in [-0.39, 0.29) is 5.91 Å². The zero-order chi connectivity index (χ0) is 16.3. The fourth-order valence-electron chi connectivity index (χ4n) is 2.09. The molecule has 1 N–H and O–H groups in total. The van der Waals surface area contributed by atoms with Gasteiger partial charge < -0.3 is 14.4 Å². The van der Waals surface area contributed by atoms with Crippen molar-refractivity contribution in [1.82, 2.24) is 9.88 Å². The maximum atomic E-state index is 12.3. The highest BCUT2D eigenvalue weighted by molar-refractivity contribution is 8.00. The lowest BCUT2D eigenvalue weighted by Gasteiger charge is -2.23. The van der Waals surface area contributed by atoms with Crippen molar-refractivity contribution < 1.29 is 19.1 Å². The van der Waals surface area contributed by atoms with E-state index in [1.807, 2.05) is 12.1 Å². The number of benzene rings is 1. The zero-order valence-corrected chi connectivity index (χ0v) is 13.5. The van der Waals surface area contributed by atoms with E-state index < -0.39 is 17.1 Å². The molecule has 118 valence electrons. The number of carboxylic acids is 1. The number of oxazole rings is 1. The molecule has 0 aliphatic carbocycles. The van der Waals surface area contributed by atoms with E-state index in [1.54, 1.807) is 33.2 Å². The summed E-state index contributed by atoms with van der Waals surface area (Å²) in [5.41, 5.74) is 1.30. The Balaban J connectivity index is 2.32. The Morgan fingerprint density at radius 3 is 2.59 bits per heavy atom. The van der Waals surface area contributed by atoms with Crippen molar-refractivity contribution in [3.8, 4) is 0 Å². The predicted octanol–water partition coefficient (Wildman–Crippen LogP) is 2.49. The number of thioether (sulfide) groups is 1. The molecule has 0 aliphatic heterocycles. The molecule has 1 amide bonds. The first-order valence-corrected chi connectivity index (χ1v) is 7.78. The number of nitrogens with zero attached hydrogens (tertiary/aromatic N) is 2. The van der Waals surface area contributed by atoms with Gasteiger partial charge in [-0.3, -0.25) is 9.59 Å². The van der Waals surface area contributed by atoms with Crippen LogP contribution in [-0.2, 0) is 9.59 Å². The lowest BCUT2D eigenvalue weighted by atomic mass is 10.0. The van der Waals surface area contributed by atoms with Crippen molar-refractivity contribution in [2.24, 2.45) is 5.92 Å². The van der Waals surface area contributed by atoms with Crippen LogP contribution in [0.3, 0.4) is 0 Å². The quantitative estimate of drug-likeness (QED) is 0.823. The molecule has 0 saturated carbocycles. The van der Waals surface area contributed by atoms with Crippen molar-refractivity contribution in [1.29, 1.82) is 0 Å². The van der Waals surface area contributed by atoms with E-state index in [1.165, 1.54) is 4.90 Å². The molecular weight excluding hydrogens is 304 g/mol. The summed E-state index contributed by atoms with van der Waals surface area (Å²) in [6.45, 7) is 1.75. The Bertz CT molecular complexity index is 650. The summed E-state index contributed by atoms with van der Waals surface area (Å²) in [6.07, 6.45) is 0.354. The molecule has 0 aliphatic rings. The molecular formula is C15H18N2O4S. The summed E-state index contributed by atoms with van der Waals surface area (Å²) in [5.74, 6) is -2.05. The minimum absolute atomic E-state index is 0.262. The summed E-state index contributed by atoms with van der Waals surface area (Å²) in [4.78, 5) is 29.5. The molecule has 0 radical (unpaired) electrons. The zero-order valence-electron chi connectivity index (χ0n) is 12.6. The maximum Gasteiger partial charge on any atom is 0.308 e. The van der Waals surface area contributed by atoms with Crippen LogP contribution in [-0.4, -0.2) is 46.2 Å². The molecule has 0 fully saturated rings. The van der Waals surface area contributed by atoms with Crippen LogP contribution in [0.5, 0.6) is 0 Å². The number of aromatic nitrogens is 1. The summed E-state index contributed by atoms with van der Waals surface area (Å²) < 4.78 is 5.59. The molecule has 7 heteroatoms. The van der Waals surface area contributed by atoms with Crippen LogP contribution in [0.15, 0.2) is 33.9 Å². The molecule has 6 nitrogen and oxygen atoms in total. The highest BCUT2D eigenvalue weighted by Crippen LogP contribution is 2.32. The Morgan fingerprint density at radius 2 is 2.05 bits per heavy atom. The van der Waals surface area contributed by atoms with Crippen LogP contribution >= 0.6 is 11.8 Å². The van der Waals surface area contributed by atoms with Gasteiger partial charge in [-0.2, -0.15) is 0 Å². The van der Waals surface area contributed by atoms with Gasteiger partial charge in [0.05, 0.1) is 5.92 Å². The summed E-state index contributed by atoms with van der Waals surface area (Å²) >= 11 is 1.06. The van der Waals surface area contributed by atoms with Crippen molar-refractivity contribution in [3.63, 3.8) is 0 Å². The minimum Gasteiger partial charge on any atom is -0.481 e. The number of carboxylic acid groups (broad SMARTS) is 1. The van der Waals surface area contributed by atoms with Crippen LogP contribution in [0.4, 0.5) is 0 Å². The third kappa shape index (κ3) is 3.41. The number of carbonyl (C=O) groups is 2. The SMILES string of the molecule is CCC(C(=O)O)C(Sc1nc2ccccc2o1)C(=O)N(C)C. The van der Waals surface area contributed by atoms with E-state index in [4.69, 9.17) is 4.42 Å². The highest BCUT2D eigenvalue weighted by atomic mass is 32.2. The third-order valence-electron chi connectivity index (χ3n) is 3.31. The van der Waals surface area contributed by atoms with Crippen molar-refractivity contribution in [2.75, 3.05) is 14.1 Å². The fraction of sp³-hybridized carbons (Fsp3) is 0.400. The second-order valence-corrected chi connectivity index (χ2v) is 6.16. The average molecular weight is 322 g/mol. The number of hydrogen-bond acceptors (Lipinski definition) is 5. The lowest BCUT2D eigenvalue weighted by molar-refractivity contribution is -0.145. The van der Waals surface area contributed by atoms with Crippen molar-refractivity contribution in [3.05, 3.63) is 24.3 Å². The Kier molecular flexibility index (Phi) is 5.07. The number of hydrogen-bond donors (Lipinski definition) is 1. The smallest absolute Gasteiger partial charge is 0.308 e. The van der Waals surface area contributed by atoms with Gasteiger partial charge in [0.25, 0.3) is 5.22 Å². The summed E-state index contributed by atoms with van der Waals surface area (Å²) in [5, 5.41) is 8.89. The number of para-hydroxylation sites is 2. The van der Waals surface area contributed by atoms with Crippen LogP contribution in [0.1, 0.15) is 13.3 Å². The Hall–Kier alpha value is -2.02. The molecule has 0 bridgehead atoms. The normalized spacial score (nSPS) is 13.8. The van der Waals surface area contributed by atoms with E-state index in [2.05, 4.69) is 4.98 Å². The molecule has 2 rings (SSSR count). The number of carbonyl (C=O) groups excluding carboxylic acids is 1. The largest absolute Gasteiger partial charge is 0.481 e. The van der Waals surface area contributed by atoms with E-state index >= 15 is 0 Å². The number of aliphatic carboxylic acids is 1. The van der Waals surface area contributed by atoms with E-state index in [9.17, 15) is 14.7 Å². The Labute approximate surface area is 132 Å². The van der Waals surface area contributed by atoms with E-state index in [0.29, 0.717) is 22.7 Å². The molecule has 1 aromatic carbocycles. The second-order valence-electron chi connectivity index (χ2n) is 5.07.